The quantitative estimate of drug-likeness (QED) is 0.471. The zero-order valence-corrected chi connectivity index (χ0v) is 14.5. The molecular formula is C23H19F3. The van der Waals surface area contributed by atoms with E-state index in [0.29, 0.717) is 11.5 Å². The highest BCUT2D eigenvalue weighted by molar-refractivity contribution is 5.65. The molecule has 0 aliphatic heterocycles. The molecule has 0 aromatic heterocycles. The Bertz CT molecular complexity index is 935. The van der Waals surface area contributed by atoms with Crippen molar-refractivity contribution in [3.05, 3.63) is 94.3 Å². The van der Waals surface area contributed by atoms with Crippen LogP contribution in [-0.2, 0) is 12.8 Å². The van der Waals surface area contributed by atoms with E-state index in [-0.39, 0.29) is 0 Å². The topological polar surface area (TPSA) is 0 Å². The molecule has 1 aliphatic carbocycles. The minimum Gasteiger partial charge on any atom is -0.204 e. The number of halogens is 3. The van der Waals surface area contributed by atoms with Crippen molar-refractivity contribution in [3.63, 3.8) is 0 Å². The average Bonchev–Trinajstić information content (AvgIpc) is 2.65. The van der Waals surface area contributed by atoms with E-state index >= 15 is 0 Å². The molecule has 1 aliphatic rings. The fraction of sp³-hybridized carbons (Fsp3) is 0.217. The lowest BCUT2D eigenvalue weighted by Crippen LogP contribution is -2.12. The summed E-state index contributed by atoms with van der Waals surface area (Å²) in [6.07, 6.45) is 2.93. The summed E-state index contributed by atoms with van der Waals surface area (Å²) in [7, 11) is 0. The largest absolute Gasteiger partial charge is 0.204 e. The van der Waals surface area contributed by atoms with E-state index in [2.05, 4.69) is 31.2 Å². The molecule has 1 unspecified atom stereocenters. The Hall–Kier alpha value is -2.55. The Morgan fingerprint density at radius 3 is 2.15 bits per heavy atom. The highest BCUT2D eigenvalue weighted by atomic mass is 19.2. The third-order valence-corrected chi connectivity index (χ3v) is 5.30. The van der Waals surface area contributed by atoms with Gasteiger partial charge in [0.2, 0.25) is 0 Å². The Morgan fingerprint density at radius 1 is 0.769 bits per heavy atom. The van der Waals surface area contributed by atoms with Gasteiger partial charge >= 0.3 is 0 Å². The van der Waals surface area contributed by atoms with E-state index in [0.717, 1.165) is 37.0 Å². The zero-order chi connectivity index (χ0) is 18.3. The second-order valence-electron chi connectivity index (χ2n) is 7.09. The first-order chi connectivity index (χ1) is 12.5. The summed E-state index contributed by atoms with van der Waals surface area (Å²) in [6.45, 7) is 2.09. The lowest BCUT2D eigenvalue weighted by molar-refractivity contribution is 0.447. The van der Waals surface area contributed by atoms with Crippen molar-refractivity contribution < 1.29 is 13.2 Å². The predicted octanol–water partition coefficient (Wildman–Crippen LogP) is 6.35. The zero-order valence-electron chi connectivity index (χ0n) is 14.5. The van der Waals surface area contributed by atoms with E-state index in [1.165, 1.54) is 22.3 Å². The van der Waals surface area contributed by atoms with Gasteiger partial charge in [0.25, 0.3) is 0 Å². The summed E-state index contributed by atoms with van der Waals surface area (Å²) in [5.41, 5.74) is 6.17. The number of aryl methyl sites for hydroxylation is 2. The van der Waals surface area contributed by atoms with Crippen LogP contribution in [0.2, 0.25) is 0 Å². The van der Waals surface area contributed by atoms with E-state index < -0.39 is 17.5 Å². The van der Waals surface area contributed by atoms with Crippen LogP contribution in [0, 0.1) is 24.4 Å². The van der Waals surface area contributed by atoms with Crippen LogP contribution in [0.3, 0.4) is 0 Å². The van der Waals surface area contributed by atoms with Gasteiger partial charge in [-0.05, 0) is 72.1 Å². The number of benzene rings is 3. The molecule has 0 fully saturated rings. The number of rotatable bonds is 2. The number of hydrogen-bond donors (Lipinski definition) is 0. The van der Waals surface area contributed by atoms with Gasteiger partial charge in [-0.3, -0.25) is 0 Å². The van der Waals surface area contributed by atoms with Crippen molar-refractivity contribution in [2.24, 2.45) is 0 Å². The molecule has 3 aromatic carbocycles. The lowest BCUT2D eigenvalue weighted by Gasteiger charge is -2.25. The van der Waals surface area contributed by atoms with Gasteiger partial charge in [-0.25, -0.2) is 13.2 Å². The van der Waals surface area contributed by atoms with E-state index in [9.17, 15) is 13.2 Å². The van der Waals surface area contributed by atoms with Gasteiger partial charge in [-0.2, -0.15) is 0 Å². The second-order valence-corrected chi connectivity index (χ2v) is 7.09. The molecule has 3 heteroatoms. The van der Waals surface area contributed by atoms with Crippen molar-refractivity contribution in [1.82, 2.24) is 0 Å². The van der Waals surface area contributed by atoms with Crippen molar-refractivity contribution >= 4 is 0 Å². The van der Waals surface area contributed by atoms with Gasteiger partial charge in [0.1, 0.15) is 0 Å². The predicted molar refractivity (Wildman–Crippen MR) is 97.7 cm³/mol. The molecule has 0 radical (unpaired) electrons. The van der Waals surface area contributed by atoms with Crippen LogP contribution in [0.15, 0.2) is 54.6 Å². The standard InChI is InChI=1S/C23H19F3/c1-14-2-4-15(5-3-14)16-6-7-18-11-19(9-8-17(18)10-16)20-12-21(24)23(26)22(25)13-20/h2-5,8-9,11-13,16H,6-7,10H2,1H3. The van der Waals surface area contributed by atoms with Crippen LogP contribution in [0.5, 0.6) is 0 Å². The van der Waals surface area contributed by atoms with Gasteiger partial charge in [-0.1, -0.05) is 48.0 Å². The molecule has 0 nitrogen and oxygen atoms in total. The van der Waals surface area contributed by atoms with E-state index in [1.807, 2.05) is 18.2 Å². The molecule has 26 heavy (non-hydrogen) atoms. The van der Waals surface area contributed by atoms with Crippen LogP contribution in [0.4, 0.5) is 13.2 Å². The third-order valence-electron chi connectivity index (χ3n) is 5.30. The van der Waals surface area contributed by atoms with Crippen LogP contribution in [-0.4, -0.2) is 0 Å². The van der Waals surface area contributed by atoms with Crippen molar-refractivity contribution in [2.45, 2.75) is 32.1 Å². The SMILES string of the molecule is Cc1ccc(C2CCc3cc(-c4cc(F)c(F)c(F)c4)ccc3C2)cc1. The maximum atomic E-state index is 13.5. The van der Waals surface area contributed by atoms with Crippen LogP contribution >= 0.6 is 0 Å². The molecular weight excluding hydrogens is 333 g/mol. The summed E-state index contributed by atoms with van der Waals surface area (Å²) in [6, 6.07) is 16.7. The molecule has 4 rings (SSSR count). The van der Waals surface area contributed by atoms with Gasteiger partial charge in [-0.15, -0.1) is 0 Å². The second kappa shape index (κ2) is 6.64. The summed E-state index contributed by atoms with van der Waals surface area (Å²) in [5.74, 6) is -3.24. The Labute approximate surface area is 151 Å². The Morgan fingerprint density at radius 2 is 1.46 bits per heavy atom. The van der Waals surface area contributed by atoms with Gasteiger partial charge < -0.3 is 0 Å². The molecule has 0 bridgehead atoms. The minimum absolute atomic E-state index is 0.366. The van der Waals surface area contributed by atoms with Crippen LogP contribution in [0.1, 0.15) is 34.6 Å². The van der Waals surface area contributed by atoms with Gasteiger partial charge in [0.15, 0.2) is 17.5 Å². The smallest absolute Gasteiger partial charge is 0.194 e. The van der Waals surface area contributed by atoms with Crippen molar-refractivity contribution in [2.75, 3.05) is 0 Å². The monoisotopic (exact) mass is 352 g/mol. The summed E-state index contributed by atoms with van der Waals surface area (Å²) < 4.78 is 40.2. The first-order valence-corrected chi connectivity index (χ1v) is 8.84. The fourth-order valence-corrected chi connectivity index (χ4v) is 3.78. The Kier molecular flexibility index (Phi) is 4.31. The molecule has 0 spiro atoms. The first kappa shape index (κ1) is 16.9. The van der Waals surface area contributed by atoms with Crippen LogP contribution in [0.25, 0.3) is 11.1 Å². The first-order valence-electron chi connectivity index (χ1n) is 8.84. The highest BCUT2D eigenvalue weighted by Crippen LogP contribution is 2.35. The molecule has 132 valence electrons. The summed E-state index contributed by atoms with van der Waals surface area (Å²) >= 11 is 0. The molecule has 0 amide bonds. The molecule has 0 N–H and O–H groups in total. The van der Waals surface area contributed by atoms with E-state index in [1.54, 1.807) is 0 Å². The van der Waals surface area contributed by atoms with Gasteiger partial charge in [0, 0.05) is 0 Å². The molecule has 3 aromatic rings. The highest BCUT2D eigenvalue weighted by Gasteiger charge is 2.21. The fourth-order valence-electron chi connectivity index (χ4n) is 3.78. The molecule has 0 saturated heterocycles. The third kappa shape index (κ3) is 3.14. The van der Waals surface area contributed by atoms with Crippen LogP contribution < -0.4 is 0 Å². The Balaban J connectivity index is 1.62. The maximum absolute atomic E-state index is 13.5. The number of fused-ring (bicyclic) bond motifs is 1. The average molecular weight is 352 g/mol. The number of hydrogen-bond acceptors (Lipinski definition) is 0. The molecule has 0 saturated carbocycles. The molecule has 0 heterocycles. The maximum Gasteiger partial charge on any atom is 0.194 e. The summed E-state index contributed by atoms with van der Waals surface area (Å²) in [4.78, 5) is 0. The molecule has 1 atom stereocenters. The van der Waals surface area contributed by atoms with Gasteiger partial charge in [0.05, 0.1) is 0 Å². The van der Waals surface area contributed by atoms with Crippen molar-refractivity contribution in [1.29, 1.82) is 0 Å². The summed E-state index contributed by atoms with van der Waals surface area (Å²) in [5, 5.41) is 0. The normalized spacial score (nSPS) is 16.4. The van der Waals surface area contributed by atoms with Crippen molar-refractivity contribution in [3.8, 4) is 11.1 Å². The lowest BCUT2D eigenvalue weighted by atomic mass is 9.79. The van der Waals surface area contributed by atoms with E-state index in [4.69, 9.17) is 0 Å². The minimum atomic E-state index is -1.42.